The number of nitrogens with zero attached hydrogens (tertiary/aromatic N) is 1. The Balaban J connectivity index is 1.75. The van der Waals surface area contributed by atoms with Crippen molar-refractivity contribution in [1.82, 2.24) is 0 Å². The van der Waals surface area contributed by atoms with Gasteiger partial charge in [0.25, 0.3) is 0 Å². The number of carbonyl (C=O) groups is 2. The predicted molar refractivity (Wildman–Crippen MR) is 90.7 cm³/mol. The van der Waals surface area contributed by atoms with Gasteiger partial charge in [0.05, 0.1) is 18.2 Å². The molecule has 0 bridgehead atoms. The summed E-state index contributed by atoms with van der Waals surface area (Å²) < 4.78 is 42.7. The standard InChI is InChI=1S/C19H12F3NO4/c1-26-14-7-8-15-12(10-14)4-9-16(17(15)24)23-27-18(25)11-2-5-13(6-3-11)19(20,21)22/h2-10H,1H3/b23-16+. The molecule has 0 aliphatic heterocycles. The fraction of sp³-hybridized carbons (Fsp3) is 0.105. The zero-order valence-corrected chi connectivity index (χ0v) is 13.9. The molecule has 0 amide bonds. The van der Waals surface area contributed by atoms with Gasteiger partial charge in [-0.05, 0) is 54.1 Å². The third-order valence-electron chi connectivity index (χ3n) is 3.83. The average molecular weight is 375 g/mol. The minimum absolute atomic E-state index is 0.104. The Morgan fingerprint density at radius 1 is 1.04 bits per heavy atom. The number of benzene rings is 2. The zero-order valence-electron chi connectivity index (χ0n) is 13.9. The number of hydrogen-bond acceptors (Lipinski definition) is 5. The summed E-state index contributed by atoms with van der Waals surface area (Å²) in [6.07, 6.45) is -1.51. The number of halogens is 3. The molecule has 2 aromatic carbocycles. The lowest BCUT2D eigenvalue weighted by molar-refractivity contribution is -0.137. The van der Waals surface area contributed by atoms with Crippen LogP contribution in [0.15, 0.2) is 53.7 Å². The summed E-state index contributed by atoms with van der Waals surface area (Å²) in [6.45, 7) is 0. The molecule has 1 aliphatic rings. The molecule has 0 heterocycles. The van der Waals surface area contributed by atoms with Crippen LogP contribution in [0, 0.1) is 0 Å². The molecule has 2 aromatic rings. The first-order valence-electron chi connectivity index (χ1n) is 7.67. The predicted octanol–water partition coefficient (Wildman–Crippen LogP) is 4.14. The van der Waals surface area contributed by atoms with E-state index in [1.54, 1.807) is 24.3 Å². The van der Waals surface area contributed by atoms with Crippen LogP contribution in [0.3, 0.4) is 0 Å². The van der Waals surface area contributed by atoms with Crippen LogP contribution in [0.2, 0.25) is 0 Å². The molecule has 1 aliphatic carbocycles. The summed E-state index contributed by atoms with van der Waals surface area (Å²) in [4.78, 5) is 29.0. The molecular weight excluding hydrogens is 363 g/mol. The molecule has 27 heavy (non-hydrogen) atoms. The molecule has 8 heteroatoms. The van der Waals surface area contributed by atoms with Gasteiger partial charge in [0.1, 0.15) is 5.75 Å². The van der Waals surface area contributed by atoms with Gasteiger partial charge in [-0.3, -0.25) is 4.79 Å². The van der Waals surface area contributed by atoms with E-state index < -0.39 is 23.5 Å². The smallest absolute Gasteiger partial charge is 0.416 e. The van der Waals surface area contributed by atoms with Gasteiger partial charge in [-0.15, -0.1) is 0 Å². The lowest BCUT2D eigenvalue weighted by atomic mass is 9.95. The first-order chi connectivity index (χ1) is 12.8. The van der Waals surface area contributed by atoms with Crippen molar-refractivity contribution in [3.8, 4) is 5.75 Å². The van der Waals surface area contributed by atoms with Crippen molar-refractivity contribution in [2.24, 2.45) is 5.16 Å². The number of rotatable bonds is 3. The second-order valence-corrected chi connectivity index (χ2v) is 5.55. The summed E-state index contributed by atoms with van der Waals surface area (Å²) in [5, 5.41) is 3.53. The first-order valence-corrected chi connectivity index (χ1v) is 7.67. The number of methoxy groups -OCH3 is 1. The van der Waals surface area contributed by atoms with Crippen LogP contribution < -0.4 is 4.74 Å². The van der Waals surface area contributed by atoms with E-state index in [4.69, 9.17) is 9.57 Å². The van der Waals surface area contributed by atoms with Crippen LogP contribution in [-0.4, -0.2) is 24.6 Å². The number of fused-ring (bicyclic) bond motifs is 1. The highest BCUT2D eigenvalue weighted by molar-refractivity contribution is 6.52. The van der Waals surface area contributed by atoms with Crippen molar-refractivity contribution < 1.29 is 32.3 Å². The van der Waals surface area contributed by atoms with Crippen molar-refractivity contribution in [1.29, 1.82) is 0 Å². The van der Waals surface area contributed by atoms with Crippen molar-refractivity contribution in [2.75, 3.05) is 7.11 Å². The van der Waals surface area contributed by atoms with E-state index in [0.717, 1.165) is 24.3 Å². The molecular formula is C19H12F3NO4. The minimum atomic E-state index is -4.50. The Morgan fingerprint density at radius 2 is 1.74 bits per heavy atom. The second kappa shape index (κ2) is 7.06. The summed E-state index contributed by atoms with van der Waals surface area (Å²) >= 11 is 0. The van der Waals surface area contributed by atoms with E-state index in [-0.39, 0.29) is 11.3 Å². The first kappa shape index (κ1) is 18.4. The number of allylic oxidation sites excluding steroid dienone is 1. The summed E-state index contributed by atoms with van der Waals surface area (Å²) in [7, 11) is 1.50. The van der Waals surface area contributed by atoms with Gasteiger partial charge in [-0.1, -0.05) is 11.2 Å². The monoisotopic (exact) mass is 375 g/mol. The molecule has 0 unspecified atom stereocenters. The van der Waals surface area contributed by atoms with Gasteiger partial charge in [-0.2, -0.15) is 13.2 Å². The van der Waals surface area contributed by atoms with Crippen molar-refractivity contribution in [3.05, 3.63) is 70.8 Å². The fourth-order valence-electron chi connectivity index (χ4n) is 2.41. The van der Waals surface area contributed by atoms with E-state index in [9.17, 15) is 22.8 Å². The van der Waals surface area contributed by atoms with Gasteiger partial charge >= 0.3 is 12.1 Å². The second-order valence-electron chi connectivity index (χ2n) is 5.55. The third kappa shape index (κ3) is 3.89. The maximum atomic E-state index is 12.5. The summed E-state index contributed by atoms with van der Waals surface area (Å²) in [6, 6.07) is 8.33. The Morgan fingerprint density at radius 3 is 2.37 bits per heavy atom. The molecule has 0 spiro atoms. The normalized spacial score (nSPS) is 14.8. The van der Waals surface area contributed by atoms with Gasteiger partial charge < -0.3 is 9.57 Å². The third-order valence-corrected chi connectivity index (χ3v) is 3.83. The summed E-state index contributed by atoms with van der Waals surface area (Å²) in [5.74, 6) is -0.839. The number of carbonyl (C=O) groups excluding carboxylic acids is 2. The maximum Gasteiger partial charge on any atom is 0.416 e. The minimum Gasteiger partial charge on any atom is -0.497 e. The van der Waals surface area contributed by atoms with Gasteiger partial charge in [0.2, 0.25) is 5.78 Å². The van der Waals surface area contributed by atoms with Crippen molar-refractivity contribution in [3.63, 3.8) is 0 Å². The molecule has 0 saturated carbocycles. The van der Waals surface area contributed by atoms with Gasteiger partial charge in [-0.25, -0.2) is 4.79 Å². The van der Waals surface area contributed by atoms with Gasteiger partial charge in [0.15, 0.2) is 5.71 Å². The molecule has 0 saturated heterocycles. The Labute approximate surface area is 151 Å². The lowest BCUT2D eigenvalue weighted by Crippen LogP contribution is -2.18. The SMILES string of the molecule is COc1ccc2c(c1)C=C/C(=N\OC(=O)c1ccc(C(F)(F)F)cc1)C2=O. The highest BCUT2D eigenvalue weighted by Gasteiger charge is 2.30. The van der Waals surface area contributed by atoms with Crippen LogP contribution >= 0.6 is 0 Å². The number of ether oxygens (including phenoxy) is 1. The molecule has 0 atom stereocenters. The molecule has 0 aromatic heterocycles. The van der Waals surface area contributed by atoms with E-state index >= 15 is 0 Å². The number of ketones is 1. The van der Waals surface area contributed by atoms with E-state index in [0.29, 0.717) is 16.9 Å². The zero-order chi connectivity index (χ0) is 19.6. The molecule has 0 fully saturated rings. The van der Waals surface area contributed by atoms with E-state index in [1.165, 1.54) is 13.2 Å². The van der Waals surface area contributed by atoms with Crippen molar-refractivity contribution in [2.45, 2.75) is 6.18 Å². The van der Waals surface area contributed by atoms with Crippen LogP contribution in [-0.2, 0) is 11.0 Å². The van der Waals surface area contributed by atoms with Crippen LogP contribution in [0.5, 0.6) is 5.75 Å². The molecule has 138 valence electrons. The highest BCUT2D eigenvalue weighted by Crippen LogP contribution is 2.29. The fourth-order valence-corrected chi connectivity index (χ4v) is 2.41. The molecule has 0 radical (unpaired) electrons. The number of hydrogen-bond donors (Lipinski definition) is 0. The topological polar surface area (TPSA) is 65.0 Å². The lowest BCUT2D eigenvalue weighted by Gasteiger charge is -2.11. The molecule has 5 nitrogen and oxygen atoms in total. The van der Waals surface area contributed by atoms with Crippen LogP contribution in [0.4, 0.5) is 13.2 Å². The summed E-state index contributed by atoms with van der Waals surface area (Å²) in [5.41, 5.74) is -0.115. The van der Waals surface area contributed by atoms with Crippen LogP contribution in [0.25, 0.3) is 6.08 Å². The van der Waals surface area contributed by atoms with E-state index in [1.807, 2.05) is 0 Å². The molecule has 0 N–H and O–H groups in total. The number of Topliss-reactive ketones (excluding diaryl/α,β-unsaturated/α-hetero) is 1. The van der Waals surface area contributed by atoms with E-state index in [2.05, 4.69) is 5.16 Å². The Bertz CT molecular complexity index is 960. The largest absolute Gasteiger partial charge is 0.497 e. The quantitative estimate of drug-likeness (QED) is 0.598. The Hall–Kier alpha value is -3.42. The van der Waals surface area contributed by atoms with Crippen LogP contribution in [0.1, 0.15) is 31.8 Å². The van der Waals surface area contributed by atoms with Crippen molar-refractivity contribution >= 4 is 23.5 Å². The highest BCUT2D eigenvalue weighted by atomic mass is 19.4. The number of alkyl halides is 3. The average Bonchev–Trinajstić information content (AvgIpc) is 2.66. The van der Waals surface area contributed by atoms with Gasteiger partial charge in [0, 0.05) is 5.56 Å². The Kier molecular flexibility index (Phi) is 4.81. The molecule has 3 rings (SSSR count). The maximum absolute atomic E-state index is 12.5. The number of oxime groups is 1.